The van der Waals surface area contributed by atoms with Crippen molar-refractivity contribution >= 4 is 34.4 Å². The van der Waals surface area contributed by atoms with Crippen molar-refractivity contribution in [2.75, 3.05) is 25.0 Å². The Balaban J connectivity index is 1.19. The molecule has 1 atom stereocenters. The van der Waals surface area contributed by atoms with Gasteiger partial charge in [0.15, 0.2) is 0 Å². The smallest absolute Gasteiger partial charge is 0.224 e. The summed E-state index contributed by atoms with van der Waals surface area (Å²) in [6, 6.07) is 8.52. The topological polar surface area (TPSA) is 85.9 Å². The van der Waals surface area contributed by atoms with Crippen LogP contribution in [0.4, 0.5) is 5.82 Å². The molecule has 3 aromatic rings. The standard InChI is InChI=1S/C25H31ClN6O/c1-2-32-11-9-16(15-32)25(33)30-19-7-5-18(6-8-19)29-23-13-17(12-22(26)31-23)21-14-28-24-20(21)4-3-10-27-24/h3-4,10,12-14,16,18-19H,2,5-9,11,15H2,1H3,(H,27,28)(H,29,31)(H,30,33)/t16?,18-,19-. The number of hydrogen-bond donors (Lipinski definition) is 3. The molecule has 3 aromatic heterocycles. The van der Waals surface area contributed by atoms with E-state index in [2.05, 4.69) is 49.5 Å². The van der Waals surface area contributed by atoms with Crippen LogP contribution in [0.1, 0.15) is 39.0 Å². The SMILES string of the molecule is CCN1CCC(C(=O)N[C@H]2CC[C@H](Nc3cc(-c4c[nH]c5ncccc45)cc(Cl)n3)CC2)C1. The molecular weight excluding hydrogens is 436 g/mol. The van der Waals surface area contributed by atoms with Crippen LogP contribution in [-0.4, -0.2) is 57.5 Å². The second kappa shape index (κ2) is 9.69. The first-order valence-corrected chi connectivity index (χ1v) is 12.4. The first-order valence-electron chi connectivity index (χ1n) is 12.0. The van der Waals surface area contributed by atoms with Gasteiger partial charge in [-0.3, -0.25) is 4.79 Å². The van der Waals surface area contributed by atoms with Crippen LogP contribution in [0.2, 0.25) is 5.15 Å². The fraction of sp³-hybridized carbons (Fsp3) is 0.480. The van der Waals surface area contributed by atoms with Crippen LogP contribution in [0.15, 0.2) is 36.7 Å². The molecule has 2 aliphatic rings. The van der Waals surface area contributed by atoms with Gasteiger partial charge < -0.3 is 20.5 Å². The minimum absolute atomic E-state index is 0.148. The molecule has 33 heavy (non-hydrogen) atoms. The van der Waals surface area contributed by atoms with E-state index in [4.69, 9.17) is 11.6 Å². The number of carbonyl (C=O) groups excluding carboxylic acids is 1. The number of halogens is 1. The molecule has 3 N–H and O–H groups in total. The number of fused-ring (bicyclic) bond motifs is 1. The van der Waals surface area contributed by atoms with Gasteiger partial charge in [0.1, 0.15) is 16.6 Å². The molecule has 0 spiro atoms. The summed E-state index contributed by atoms with van der Waals surface area (Å²) < 4.78 is 0. The normalized spacial score (nSPS) is 23.6. The average molecular weight is 467 g/mol. The Morgan fingerprint density at radius 1 is 1.21 bits per heavy atom. The van der Waals surface area contributed by atoms with Crippen molar-refractivity contribution in [3.63, 3.8) is 0 Å². The van der Waals surface area contributed by atoms with Crippen molar-refractivity contribution in [2.45, 2.75) is 51.1 Å². The quantitative estimate of drug-likeness (QED) is 0.467. The number of carbonyl (C=O) groups is 1. The van der Waals surface area contributed by atoms with Gasteiger partial charge in [-0.2, -0.15) is 0 Å². The van der Waals surface area contributed by atoms with Gasteiger partial charge in [-0.15, -0.1) is 0 Å². The first kappa shape index (κ1) is 22.2. The van der Waals surface area contributed by atoms with Crippen molar-refractivity contribution < 1.29 is 4.79 Å². The van der Waals surface area contributed by atoms with E-state index < -0.39 is 0 Å². The van der Waals surface area contributed by atoms with Gasteiger partial charge in [-0.1, -0.05) is 18.5 Å². The maximum absolute atomic E-state index is 12.6. The van der Waals surface area contributed by atoms with Gasteiger partial charge in [0, 0.05) is 42.0 Å². The zero-order valence-electron chi connectivity index (χ0n) is 19.0. The Hall–Kier alpha value is -2.64. The summed E-state index contributed by atoms with van der Waals surface area (Å²) in [6.45, 7) is 5.12. The van der Waals surface area contributed by atoms with Crippen LogP contribution >= 0.6 is 11.6 Å². The molecule has 174 valence electrons. The Morgan fingerprint density at radius 2 is 2.03 bits per heavy atom. The highest BCUT2D eigenvalue weighted by molar-refractivity contribution is 6.29. The average Bonchev–Trinajstić information content (AvgIpc) is 3.47. The molecular formula is C25H31ClN6O. The van der Waals surface area contributed by atoms with E-state index in [0.717, 1.165) is 79.7 Å². The number of nitrogens with zero attached hydrogens (tertiary/aromatic N) is 3. The number of likely N-dealkylation sites (tertiary alicyclic amines) is 1. The van der Waals surface area contributed by atoms with E-state index in [1.54, 1.807) is 6.20 Å². The first-order chi connectivity index (χ1) is 16.1. The molecule has 0 radical (unpaired) electrons. The molecule has 4 heterocycles. The summed E-state index contributed by atoms with van der Waals surface area (Å²) >= 11 is 6.37. The summed E-state index contributed by atoms with van der Waals surface area (Å²) in [6.07, 6.45) is 8.68. The number of pyridine rings is 2. The monoisotopic (exact) mass is 466 g/mol. The Bertz CT molecular complexity index is 1120. The highest BCUT2D eigenvalue weighted by Gasteiger charge is 2.30. The van der Waals surface area contributed by atoms with Crippen molar-refractivity contribution in [1.82, 2.24) is 25.2 Å². The van der Waals surface area contributed by atoms with Gasteiger partial charge in [-0.25, -0.2) is 9.97 Å². The molecule has 1 unspecified atom stereocenters. The maximum atomic E-state index is 12.6. The van der Waals surface area contributed by atoms with Crippen molar-refractivity contribution in [1.29, 1.82) is 0 Å². The van der Waals surface area contributed by atoms with E-state index in [-0.39, 0.29) is 17.9 Å². The van der Waals surface area contributed by atoms with Crippen LogP contribution in [0.3, 0.4) is 0 Å². The third-order valence-corrected chi connectivity index (χ3v) is 7.27. The lowest BCUT2D eigenvalue weighted by Gasteiger charge is -2.30. The lowest BCUT2D eigenvalue weighted by molar-refractivity contribution is -0.125. The zero-order chi connectivity index (χ0) is 22.8. The predicted molar refractivity (Wildman–Crippen MR) is 132 cm³/mol. The van der Waals surface area contributed by atoms with Crippen LogP contribution in [0.25, 0.3) is 22.2 Å². The third kappa shape index (κ3) is 4.99. The lowest BCUT2D eigenvalue weighted by atomic mass is 9.90. The number of nitrogens with one attached hydrogen (secondary N) is 3. The van der Waals surface area contributed by atoms with Gasteiger partial charge in [0.05, 0.1) is 5.92 Å². The van der Waals surface area contributed by atoms with Gasteiger partial charge in [-0.05, 0) is 75.0 Å². The number of hydrogen-bond acceptors (Lipinski definition) is 5. The summed E-state index contributed by atoms with van der Waals surface area (Å²) in [5.74, 6) is 1.17. The van der Waals surface area contributed by atoms with E-state index in [9.17, 15) is 4.79 Å². The largest absolute Gasteiger partial charge is 0.367 e. The fourth-order valence-corrected chi connectivity index (χ4v) is 5.37. The molecule has 7 nitrogen and oxygen atoms in total. The Labute approximate surface area is 199 Å². The number of aromatic nitrogens is 3. The molecule has 1 aliphatic heterocycles. The molecule has 1 amide bonds. The van der Waals surface area contributed by atoms with Crippen molar-refractivity contribution in [3.05, 3.63) is 41.8 Å². The highest BCUT2D eigenvalue weighted by atomic mass is 35.5. The van der Waals surface area contributed by atoms with Gasteiger partial charge in [0.2, 0.25) is 5.91 Å². The summed E-state index contributed by atoms with van der Waals surface area (Å²) in [7, 11) is 0. The predicted octanol–water partition coefficient (Wildman–Crippen LogP) is 4.46. The van der Waals surface area contributed by atoms with E-state index in [0.29, 0.717) is 11.2 Å². The second-order valence-electron chi connectivity index (χ2n) is 9.25. The number of rotatable bonds is 6. The summed E-state index contributed by atoms with van der Waals surface area (Å²) in [5.41, 5.74) is 2.93. The Kier molecular flexibility index (Phi) is 6.51. The molecule has 1 aliphatic carbocycles. The number of amides is 1. The molecule has 8 heteroatoms. The number of aromatic amines is 1. The maximum Gasteiger partial charge on any atom is 0.224 e. The summed E-state index contributed by atoms with van der Waals surface area (Å²) in [5, 5.41) is 8.40. The highest BCUT2D eigenvalue weighted by Crippen LogP contribution is 2.31. The van der Waals surface area contributed by atoms with Crippen LogP contribution < -0.4 is 10.6 Å². The molecule has 0 aromatic carbocycles. The number of H-pyrrole nitrogens is 1. The minimum Gasteiger partial charge on any atom is -0.367 e. The van der Waals surface area contributed by atoms with Gasteiger partial charge >= 0.3 is 0 Å². The molecule has 1 saturated heterocycles. The fourth-order valence-electron chi connectivity index (χ4n) is 5.17. The lowest BCUT2D eigenvalue weighted by Crippen LogP contribution is -2.43. The van der Waals surface area contributed by atoms with E-state index >= 15 is 0 Å². The number of anilines is 1. The van der Waals surface area contributed by atoms with Crippen LogP contribution in [0.5, 0.6) is 0 Å². The van der Waals surface area contributed by atoms with Crippen LogP contribution in [-0.2, 0) is 4.79 Å². The molecule has 0 bridgehead atoms. The van der Waals surface area contributed by atoms with Crippen molar-refractivity contribution in [3.8, 4) is 11.1 Å². The van der Waals surface area contributed by atoms with Gasteiger partial charge in [0.25, 0.3) is 0 Å². The van der Waals surface area contributed by atoms with E-state index in [1.807, 2.05) is 18.3 Å². The third-order valence-electron chi connectivity index (χ3n) is 7.07. The van der Waals surface area contributed by atoms with Crippen molar-refractivity contribution in [2.24, 2.45) is 5.92 Å². The molecule has 5 rings (SSSR count). The Morgan fingerprint density at radius 3 is 2.82 bits per heavy atom. The molecule has 1 saturated carbocycles. The van der Waals surface area contributed by atoms with E-state index in [1.165, 1.54) is 0 Å². The second-order valence-corrected chi connectivity index (χ2v) is 9.63. The molecule has 2 fully saturated rings. The zero-order valence-corrected chi connectivity index (χ0v) is 19.7. The van der Waals surface area contributed by atoms with Crippen LogP contribution in [0, 0.1) is 5.92 Å². The minimum atomic E-state index is 0.148. The summed E-state index contributed by atoms with van der Waals surface area (Å²) in [4.78, 5) is 27.1.